The third kappa shape index (κ3) is 3.63. The first-order valence-electron chi connectivity index (χ1n) is 10.6. The Bertz CT molecular complexity index is 1010. The molecule has 1 N–H and O–H groups in total. The summed E-state index contributed by atoms with van der Waals surface area (Å²) in [5.41, 5.74) is 4.65. The van der Waals surface area contributed by atoms with Crippen LogP contribution in [0.2, 0.25) is 0 Å². The van der Waals surface area contributed by atoms with Gasteiger partial charge in [-0.15, -0.1) is 0 Å². The Kier molecular flexibility index (Phi) is 5.10. The highest BCUT2D eigenvalue weighted by molar-refractivity contribution is 5.82. The molecule has 3 heterocycles. The highest BCUT2D eigenvalue weighted by atomic mass is 16.1. The molecule has 2 aliphatic rings. The number of amides is 1. The molecular weight excluding hydrogens is 372 g/mol. The number of nitrogens with one attached hydrogen (secondary N) is 1. The van der Waals surface area contributed by atoms with E-state index in [1.54, 1.807) is 6.20 Å². The fraction of sp³-hybridized carbons (Fsp3) is 0.280. The van der Waals surface area contributed by atoms with Crippen molar-refractivity contribution < 1.29 is 4.79 Å². The Morgan fingerprint density at radius 2 is 1.77 bits per heavy atom. The fourth-order valence-electron chi connectivity index (χ4n) is 4.74. The summed E-state index contributed by atoms with van der Waals surface area (Å²) in [5, 5.41) is 3.14. The van der Waals surface area contributed by atoms with Crippen LogP contribution in [0, 0.1) is 5.92 Å². The average Bonchev–Trinajstić information content (AvgIpc) is 2.83. The van der Waals surface area contributed by atoms with Gasteiger partial charge in [0.15, 0.2) is 0 Å². The fourth-order valence-corrected chi connectivity index (χ4v) is 4.74. The van der Waals surface area contributed by atoms with Crippen LogP contribution < -0.4 is 15.1 Å². The largest absolute Gasteiger partial charge is 0.368 e. The molecule has 30 heavy (non-hydrogen) atoms. The first-order chi connectivity index (χ1) is 14.8. The summed E-state index contributed by atoms with van der Waals surface area (Å²) in [6.45, 7) is 3.19. The van der Waals surface area contributed by atoms with Crippen LogP contribution in [0.4, 0.5) is 11.4 Å². The first-order valence-corrected chi connectivity index (χ1v) is 10.6. The molecular formula is C25H26N4O. The zero-order valence-electron chi connectivity index (χ0n) is 16.9. The molecule has 0 aliphatic carbocycles. The Morgan fingerprint density at radius 1 is 0.967 bits per heavy atom. The SMILES string of the molecule is O=C(NCc1ccccn1)[C@@H]1Cc2ccccc2N2CCN(c3ccccc3)C[C@@H]12. The molecule has 3 aromatic rings. The quantitative estimate of drug-likeness (QED) is 0.733. The second-order valence-electron chi connectivity index (χ2n) is 8.02. The van der Waals surface area contributed by atoms with Gasteiger partial charge in [0, 0.05) is 37.2 Å². The lowest BCUT2D eigenvalue weighted by atomic mass is 9.83. The van der Waals surface area contributed by atoms with Gasteiger partial charge < -0.3 is 15.1 Å². The predicted molar refractivity (Wildman–Crippen MR) is 120 cm³/mol. The molecule has 5 heteroatoms. The van der Waals surface area contributed by atoms with Crippen molar-refractivity contribution in [3.63, 3.8) is 0 Å². The number of benzene rings is 2. The topological polar surface area (TPSA) is 48.5 Å². The van der Waals surface area contributed by atoms with Gasteiger partial charge in [0.05, 0.1) is 24.2 Å². The van der Waals surface area contributed by atoms with E-state index in [2.05, 4.69) is 68.6 Å². The highest BCUT2D eigenvalue weighted by Gasteiger charge is 2.41. The van der Waals surface area contributed by atoms with E-state index in [0.29, 0.717) is 6.54 Å². The van der Waals surface area contributed by atoms with Gasteiger partial charge >= 0.3 is 0 Å². The predicted octanol–water partition coefficient (Wildman–Crippen LogP) is 3.27. The van der Waals surface area contributed by atoms with E-state index in [9.17, 15) is 4.79 Å². The van der Waals surface area contributed by atoms with E-state index in [-0.39, 0.29) is 17.9 Å². The Morgan fingerprint density at radius 3 is 2.60 bits per heavy atom. The standard InChI is InChI=1S/C25H26N4O/c30-25(27-17-20-9-6-7-13-26-20)22-16-19-8-4-5-12-23(19)29-15-14-28(18-24(22)29)21-10-2-1-3-11-21/h1-13,22,24H,14-18H2,(H,27,30)/t22-,24+/m1/s1. The zero-order chi connectivity index (χ0) is 20.3. The number of aromatic nitrogens is 1. The van der Waals surface area contributed by atoms with E-state index in [0.717, 1.165) is 31.7 Å². The van der Waals surface area contributed by atoms with Gasteiger partial charge in [0.25, 0.3) is 0 Å². The molecule has 1 saturated heterocycles. The van der Waals surface area contributed by atoms with Crippen LogP contribution >= 0.6 is 0 Å². The maximum atomic E-state index is 13.3. The smallest absolute Gasteiger partial charge is 0.225 e. The molecule has 2 aromatic carbocycles. The second-order valence-corrected chi connectivity index (χ2v) is 8.02. The minimum atomic E-state index is -0.0878. The second kappa shape index (κ2) is 8.19. The maximum absolute atomic E-state index is 13.3. The molecule has 1 fully saturated rings. The van der Waals surface area contributed by atoms with E-state index < -0.39 is 0 Å². The number of pyridine rings is 1. The summed E-state index contributed by atoms with van der Waals surface area (Å²) in [6, 6.07) is 25.0. The van der Waals surface area contributed by atoms with Gasteiger partial charge in [-0.1, -0.05) is 42.5 Å². The van der Waals surface area contributed by atoms with Gasteiger partial charge in [0.1, 0.15) is 0 Å². The average molecular weight is 399 g/mol. The van der Waals surface area contributed by atoms with Crippen molar-refractivity contribution in [1.29, 1.82) is 0 Å². The number of para-hydroxylation sites is 2. The van der Waals surface area contributed by atoms with Gasteiger partial charge in [-0.2, -0.15) is 0 Å². The molecule has 1 aromatic heterocycles. The van der Waals surface area contributed by atoms with Crippen molar-refractivity contribution >= 4 is 17.3 Å². The molecule has 0 unspecified atom stereocenters. The number of rotatable bonds is 4. The maximum Gasteiger partial charge on any atom is 0.225 e. The first kappa shape index (κ1) is 18.7. The summed E-state index contributed by atoms with van der Waals surface area (Å²) in [4.78, 5) is 22.5. The minimum absolute atomic E-state index is 0.0878. The van der Waals surface area contributed by atoms with Crippen LogP contribution in [-0.4, -0.2) is 36.6 Å². The van der Waals surface area contributed by atoms with E-state index in [1.807, 2.05) is 24.3 Å². The molecule has 2 aliphatic heterocycles. The lowest BCUT2D eigenvalue weighted by Crippen LogP contribution is -2.61. The van der Waals surface area contributed by atoms with Crippen molar-refractivity contribution in [2.45, 2.75) is 19.0 Å². The Labute approximate surface area is 177 Å². The molecule has 152 valence electrons. The van der Waals surface area contributed by atoms with Crippen molar-refractivity contribution in [1.82, 2.24) is 10.3 Å². The van der Waals surface area contributed by atoms with Gasteiger partial charge in [0.2, 0.25) is 5.91 Å². The van der Waals surface area contributed by atoms with E-state index >= 15 is 0 Å². The van der Waals surface area contributed by atoms with Crippen LogP contribution in [0.15, 0.2) is 79.0 Å². The number of fused-ring (bicyclic) bond motifs is 3. The molecule has 5 nitrogen and oxygen atoms in total. The normalized spacial score (nSPS) is 20.3. The molecule has 5 rings (SSSR count). The monoisotopic (exact) mass is 398 g/mol. The molecule has 0 saturated carbocycles. The van der Waals surface area contributed by atoms with Crippen molar-refractivity contribution in [2.24, 2.45) is 5.92 Å². The van der Waals surface area contributed by atoms with Crippen molar-refractivity contribution in [2.75, 3.05) is 29.4 Å². The van der Waals surface area contributed by atoms with Crippen molar-refractivity contribution in [3.05, 3.63) is 90.3 Å². The number of hydrogen-bond donors (Lipinski definition) is 1. The van der Waals surface area contributed by atoms with Gasteiger partial charge in [-0.05, 0) is 42.3 Å². The number of carbonyl (C=O) groups excluding carboxylic acids is 1. The van der Waals surface area contributed by atoms with Crippen LogP contribution in [0.1, 0.15) is 11.3 Å². The molecule has 2 atom stereocenters. The third-order valence-corrected chi connectivity index (χ3v) is 6.25. The summed E-state index contributed by atoms with van der Waals surface area (Å²) in [7, 11) is 0. The Balaban J connectivity index is 1.39. The number of nitrogens with zero attached hydrogens (tertiary/aromatic N) is 3. The highest BCUT2D eigenvalue weighted by Crippen LogP contribution is 2.36. The minimum Gasteiger partial charge on any atom is -0.368 e. The Hall–Kier alpha value is -3.34. The van der Waals surface area contributed by atoms with E-state index in [1.165, 1.54) is 16.9 Å². The van der Waals surface area contributed by atoms with Gasteiger partial charge in [-0.25, -0.2) is 0 Å². The van der Waals surface area contributed by atoms with Crippen LogP contribution in [0.3, 0.4) is 0 Å². The number of carbonyl (C=O) groups is 1. The molecule has 0 radical (unpaired) electrons. The summed E-state index contributed by atoms with van der Waals surface area (Å²) in [5.74, 6) is 0.0233. The number of piperazine rings is 1. The number of anilines is 2. The molecule has 1 amide bonds. The summed E-state index contributed by atoms with van der Waals surface area (Å²) >= 11 is 0. The van der Waals surface area contributed by atoms with Crippen molar-refractivity contribution in [3.8, 4) is 0 Å². The van der Waals surface area contributed by atoms with Crippen LogP contribution in [0.5, 0.6) is 0 Å². The van der Waals surface area contributed by atoms with Crippen LogP contribution in [0.25, 0.3) is 0 Å². The summed E-state index contributed by atoms with van der Waals surface area (Å²) in [6.07, 6.45) is 2.53. The van der Waals surface area contributed by atoms with Gasteiger partial charge in [-0.3, -0.25) is 9.78 Å². The van der Waals surface area contributed by atoms with Crippen LogP contribution in [-0.2, 0) is 17.8 Å². The van der Waals surface area contributed by atoms with E-state index in [4.69, 9.17) is 0 Å². The lowest BCUT2D eigenvalue weighted by Gasteiger charge is -2.49. The number of hydrogen-bond acceptors (Lipinski definition) is 4. The lowest BCUT2D eigenvalue weighted by molar-refractivity contribution is -0.126. The summed E-state index contributed by atoms with van der Waals surface area (Å²) < 4.78 is 0. The third-order valence-electron chi connectivity index (χ3n) is 6.25. The zero-order valence-corrected chi connectivity index (χ0v) is 16.9. The molecule has 0 spiro atoms. The molecule has 0 bridgehead atoms.